The first kappa shape index (κ1) is 16.5. The number of thiazole rings is 1. The van der Waals surface area contributed by atoms with Crippen molar-refractivity contribution < 1.29 is 14.6 Å². The zero-order valence-electron chi connectivity index (χ0n) is 12.2. The molecule has 3 N–H and O–H groups in total. The zero-order chi connectivity index (χ0) is 15.9. The molecule has 2 aromatic rings. The lowest BCUT2D eigenvalue weighted by Crippen LogP contribution is -2.28. The third-order valence-corrected chi connectivity index (χ3v) is 3.79. The standard InChI is InChI=1S/C9H7N3O2S.C5H11NO/c1-5-12-7(4-15-5)8-10-2-6(3-11-8)9(13)14;6-5-1-3-7-4-2-5/h2-4H,1H3,(H,13,14);5H,1-4,6H2. The topological polar surface area (TPSA) is 111 Å². The van der Waals surface area contributed by atoms with Crippen molar-refractivity contribution in [3.63, 3.8) is 0 Å². The van der Waals surface area contributed by atoms with Gasteiger partial charge in [-0.25, -0.2) is 19.7 Å². The average molecular weight is 322 g/mol. The van der Waals surface area contributed by atoms with Gasteiger partial charge in [-0.05, 0) is 19.8 Å². The monoisotopic (exact) mass is 322 g/mol. The van der Waals surface area contributed by atoms with Gasteiger partial charge in [0.05, 0.1) is 10.6 Å². The molecule has 0 radical (unpaired) electrons. The van der Waals surface area contributed by atoms with Crippen LogP contribution in [0.1, 0.15) is 28.2 Å². The molecular formula is C14H18N4O3S. The van der Waals surface area contributed by atoms with Crippen molar-refractivity contribution in [1.82, 2.24) is 15.0 Å². The van der Waals surface area contributed by atoms with Crippen molar-refractivity contribution >= 4 is 17.3 Å². The van der Waals surface area contributed by atoms with E-state index < -0.39 is 5.97 Å². The molecule has 0 aliphatic carbocycles. The molecule has 1 saturated heterocycles. The lowest BCUT2D eigenvalue weighted by molar-refractivity contribution is 0.0696. The predicted molar refractivity (Wildman–Crippen MR) is 82.9 cm³/mol. The molecule has 8 heteroatoms. The lowest BCUT2D eigenvalue weighted by Gasteiger charge is -2.16. The summed E-state index contributed by atoms with van der Waals surface area (Å²) in [7, 11) is 0. The van der Waals surface area contributed by atoms with Gasteiger partial charge in [-0.3, -0.25) is 0 Å². The molecule has 22 heavy (non-hydrogen) atoms. The second-order valence-corrected chi connectivity index (χ2v) is 5.86. The van der Waals surface area contributed by atoms with E-state index in [2.05, 4.69) is 15.0 Å². The minimum absolute atomic E-state index is 0.0747. The summed E-state index contributed by atoms with van der Waals surface area (Å²) in [5.74, 6) is -0.583. The number of nitrogens with two attached hydrogens (primary N) is 1. The molecule has 7 nitrogen and oxygen atoms in total. The van der Waals surface area contributed by atoms with Gasteiger partial charge in [0.25, 0.3) is 0 Å². The number of carboxylic acids is 1. The molecule has 1 fully saturated rings. The Hall–Kier alpha value is -1.90. The van der Waals surface area contributed by atoms with Gasteiger partial charge in [0.2, 0.25) is 0 Å². The van der Waals surface area contributed by atoms with Crippen LogP contribution in [-0.2, 0) is 4.74 Å². The van der Waals surface area contributed by atoms with Crippen LogP contribution in [0.25, 0.3) is 11.5 Å². The fraction of sp³-hybridized carbons (Fsp3) is 0.429. The Morgan fingerprint density at radius 3 is 2.41 bits per heavy atom. The van der Waals surface area contributed by atoms with Crippen molar-refractivity contribution in [2.45, 2.75) is 25.8 Å². The van der Waals surface area contributed by atoms with E-state index in [1.165, 1.54) is 23.7 Å². The molecular weight excluding hydrogens is 304 g/mol. The normalized spacial score (nSPS) is 15.0. The number of nitrogens with zero attached hydrogens (tertiary/aromatic N) is 3. The molecule has 1 aliphatic rings. The van der Waals surface area contributed by atoms with Gasteiger partial charge in [0.1, 0.15) is 5.69 Å². The van der Waals surface area contributed by atoms with Crippen LogP contribution in [0.5, 0.6) is 0 Å². The highest BCUT2D eigenvalue weighted by Gasteiger charge is 2.08. The summed E-state index contributed by atoms with van der Waals surface area (Å²) < 4.78 is 5.06. The number of aromatic nitrogens is 3. The Morgan fingerprint density at radius 2 is 2.00 bits per heavy atom. The van der Waals surface area contributed by atoms with Gasteiger partial charge in [-0.15, -0.1) is 11.3 Å². The molecule has 0 amide bonds. The minimum Gasteiger partial charge on any atom is -0.478 e. The molecule has 2 aromatic heterocycles. The van der Waals surface area contributed by atoms with Gasteiger partial charge < -0.3 is 15.6 Å². The highest BCUT2D eigenvalue weighted by atomic mass is 32.1. The van der Waals surface area contributed by atoms with Gasteiger partial charge in [-0.1, -0.05) is 0 Å². The van der Waals surface area contributed by atoms with Crippen LogP contribution in [0.3, 0.4) is 0 Å². The van der Waals surface area contributed by atoms with E-state index >= 15 is 0 Å². The number of rotatable bonds is 2. The molecule has 0 atom stereocenters. The maximum Gasteiger partial charge on any atom is 0.338 e. The number of carbonyl (C=O) groups is 1. The van der Waals surface area contributed by atoms with E-state index in [-0.39, 0.29) is 5.56 Å². The Kier molecular flexibility index (Phi) is 5.93. The van der Waals surface area contributed by atoms with Crippen molar-refractivity contribution in [3.8, 4) is 11.5 Å². The molecule has 118 valence electrons. The number of aryl methyl sites for hydroxylation is 1. The maximum atomic E-state index is 10.6. The molecule has 3 heterocycles. The Labute approximate surface area is 132 Å². The highest BCUT2D eigenvalue weighted by molar-refractivity contribution is 7.09. The van der Waals surface area contributed by atoms with Crippen LogP contribution in [0.15, 0.2) is 17.8 Å². The molecule has 3 rings (SSSR count). The number of aromatic carboxylic acids is 1. The first-order valence-corrected chi connectivity index (χ1v) is 7.75. The minimum atomic E-state index is -1.03. The Bertz CT molecular complexity index is 609. The van der Waals surface area contributed by atoms with Crippen LogP contribution in [0, 0.1) is 6.92 Å². The highest BCUT2D eigenvalue weighted by Crippen LogP contribution is 2.17. The van der Waals surface area contributed by atoms with E-state index in [0.717, 1.165) is 31.1 Å². The second-order valence-electron chi connectivity index (χ2n) is 4.80. The summed E-state index contributed by atoms with van der Waals surface area (Å²) in [5.41, 5.74) is 6.30. The summed E-state index contributed by atoms with van der Waals surface area (Å²) in [6.07, 6.45) is 4.64. The lowest BCUT2D eigenvalue weighted by atomic mass is 10.1. The van der Waals surface area contributed by atoms with Crippen molar-refractivity contribution in [2.24, 2.45) is 5.73 Å². The van der Waals surface area contributed by atoms with Gasteiger partial charge in [0, 0.05) is 37.0 Å². The second kappa shape index (κ2) is 7.92. The number of carboxylic acid groups (broad SMARTS) is 1. The van der Waals surface area contributed by atoms with Crippen LogP contribution in [0.4, 0.5) is 0 Å². The van der Waals surface area contributed by atoms with Crippen molar-refractivity contribution in [3.05, 3.63) is 28.3 Å². The van der Waals surface area contributed by atoms with E-state index in [4.69, 9.17) is 15.6 Å². The average Bonchev–Trinajstić information content (AvgIpc) is 2.95. The van der Waals surface area contributed by atoms with E-state index in [1.54, 1.807) is 0 Å². The summed E-state index contributed by atoms with van der Waals surface area (Å²) in [4.78, 5) is 22.6. The molecule has 0 aromatic carbocycles. The van der Waals surface area contributed by atoms with Crippen molar-refractivity contribution in [1.29, 1.82) is 0 Å². The molecule has 0 bridgehead atoms. The predicted octanol–water partition coefficient (Wildman–Crippen LogP) is 1.73. The largest absolute Gasteiger partial charge is 0.478 e. The van der Waals surface area contributed by atoms with Gasteiger partial charge >= 0.3 is 5.97 Å². The summed E-state index contributed by atoms with van der Waals surface area (Å²) in [5, 5.41) is 11.4. The first-order valence-electron chi connectivity index (χ1n) is 6.87. The fourth-order valence-corrected chi connectivity index (χ4v) is 2.34. The molecule has 0 unspecified atom stereocenters. The number of ether oxygens (including phenoxy) is 1. The van der Waals surface area contributed by atoms with E-state index in [9.17, 15) is 4.79 Å². The summed E-state index contributed by atoms with van der Waals surface area (Å²) >= 11 is 1.50. The van der Waals surface area contributed by atoms with E-state index in [1.807, 2.05) is 12.3 Å². The van der Waals surface area contributed by atoms with E-state index in [0.29, 0.717) is 17.6 Å². The third kappa shape index (κ3) is 4.83. The SMILES string of the molecule is Cc1nc(-c2ncc(C(=O)O)cn2)cs1.NC1CCOCC1. The smallest absolute Gasteiger partial charge is 0.338 e. The zero-order valence-corrected chi connectivity index (χ0v) is 13.0. The first-order chi connectivity index (χ1) is 10.6. The Balaban J connectivity index is 0.000000211. The van der Waals surface area contributed by atoms with Crippen LogP contribution < -0.4 is 5.73 Å². The Morgan fingerprint density at radius 1 is 1.36 bits per heavy atom. The number of hydrogen-bond donors (Lipinski definition) is 2. The molecule has 0 saturated carbocycles. The quantitative estimate of drug-likeness (QED) is 0.866. The summed E-state index contributed by atoms with van der Waals surface area (Å²) in [6, 6.07) is 0.411. The number of hydrogen-bond acceptors (Lipinski definition) is 7. The van der Waals surface area contributed by atoms with Crippen LogP contribution in [0.2, 0.25) is 0 Å². The third-order valence-electron chi connectivity index (χ3n) is 3.01. The van der Waals surface area contributed by atoms with Crippen LogP contribution >= 0.6 is 11.3 Å². The van der Waals surface area contributed by atoms with Crippen LogP contribution in [-0.4, -0.2) is 45.3 Å². The van der Waals surface area contributed by atoms with Crippen molar-refractivity contribution in [2.75, 3.05) is 13.2 Å². The molecule has 1 aliphatic heterocycles. The molecule has 0 spiro atoms. The fourth-order valence-electron chi connectivity index (χ4n) is 1.75. The maximum absolute atomic E-state index is 10.6. The van der Waals surface area contributed by atoms with Gasteiger partial charge in [0.15, 0.2) is 5.82 Å². The van der Waals surface area contributed by atoms with Gasteiger partial charge in [-0.2, -0.15) is 0 Å². The summed E-state index contributed by atoms with van der Waals surface area (Å²) in [6.45, 7) is 3.61.